The van der Waals surface area contributed by atoms with Crippen LogP contribution >= 0.6 is 11.6 Å². The molecule has 0 bridgehead atoms. The van der Waals surface area contributed by atoms with Crippen molar-refractivity contribution < 1.29 is 14.2 Å². The lowest BCUT2D eigenvalue weighted by molar-refractivity contribution is 0.120. The summed E-state index contributed by atoms with van der Waals surface area (Å²) in [6, 6.07) is 1.97. The highest BCUT2D eigenvalue weighted by molar-refractivity contribution is 6.31. The van der Waals surface area contributed by atoms with Gasteiger partial charge in [-0.2, -0.15) is 0 Å². The van der Waals surface area contributed by atoms with Crippen molar-refractivity contribution >= 4 is 11.6 Å². The molecule has 1 aromatic carbocycles. The third kappa shape index (κ3) is 2.40. The molecule has 4 nitrogen and oxygen atoms in total. The molecule has 0 spiro atoms. The molecule has 104 valence electrons. The minimum Gasteiger partial charge on any atom is -0.486 e. The summed E-state index contributed by atoms with van der Waals surface area (Å²) < 4.78 is 17.2. The number of nitrogens with one attached hydrogen (secondary N) is 1. The molecule has 3 rings (SSSR count). The molecule has 5 heteroatoms. The van der Waals surface area contributed by atoms with E-state index in [1.807, 2.05) is 6.07 Å². The van der Waals surface area contributed by atoms with Gasteiger partial charge >= 0.3 is 0 Å². The van der Waals surface area contributed by atoms with Gasteiger partial charge in [0.15, 0.2) is 11.5 Å². The standard InChI is InChI=1S/C14H18ClNO3/c1-2-16-11-8-17-4-3-9-10(15)7-12-14(13(9)11)19-6-5-18-12/h7,11,16H,2-6,8H2,1H3. The van der Waals surface area contributed by atoms with E-state index in [0.717, 1.165) is 40.6 Å². The highest BCUT2D eigenvalue weighted by atomic mass is 35.5. The van der Waals surface area contributed by atoms with Crippen LogP contribution in [0.4, 0.5) is 0 Å². The second-order valence-corrected chi connectivity index (χ2v) is 5.12. The van der Waals surface area contributed by atoms with Crippen molar-refractivity contribution in [3.8, 4) is 11.5 Å². The molecular formula is C14H18ClNO3. The van der Waals surface area contributed by atoms with Crippen LogP contribution in [0.2, 0.25) is 5.02 Å². The summed E-state index contributed by atoms with van der Waals surface area (Å²) in [5, 5.41) is 4.18. The molecule has 2 heterocycles. The van der Waals surface area contributed by atoms with Gasteiger partial charge in [-0.05, 0) is 18.5 Å². The largest absolute Gasteiger partial charge is 0.486 e. The predicted molar refractivity (Wildman–Crippen MR) is 73.4 cm³/mol. The van der Waals surface area contributed by atoms with Crippen LogP contribution < -0.4 is 14.8 Å². The molecule has 1 aromatic rings. The van der Waals surface area contributed by atoms with Crippen molar-refractivity contribution in [2.45, 2.75) is 19.4 Å². The van der Waals surface area contributed by atoms with Gasteiger partial charge in [0.2, 0.25) is 0 Å². The molecule has 2 aliphatic rings. The zero-order valence-corrected chi connectivity index (χ0v) is 11.8. The fourth-order valence-electron chi connectivity index (χ4n) is 2.71. The smallest absolute Gasteiger partial charge is 0.166 e. The van der Waals surface area contributed by atoms with E-state index in [1.165, 1.54) is 0 Å². The van der Waals surface area contributed by atoms with Crippen LogP contribution in [0.3, 0.4) is 0 Å². The zero-order chi connectivity index (χ0) is 13.2. The van der Waals surface area contributed by atoms with Crippen molar-refractivity contribution in [2.24, 2.45) is 0 Å². The molecule has 0 aromatic heterocycles. The fraction of sp³-hybridized carbons (Fsp3) is 0.571. The van der Waals surface area contributed by atoms with Crippen LogP contribution in [-0.2, 0) is 11.2 Å². The zero-order valence-electron chi connectivity index (χ0n) is 11.0. The maximum Gasteiger partial charge on any atom is 0.166 e. The molecule has 2 aliphatic heterocycles. The van der Waals surface area contributed by atoms with E-state index in [4.69, 9.17) is 25.8 Å². The number of fused-ring (bicyclic) bond motifs is 3. The first-order chi connectivity index (χ1) is 9.31. The highest BCUT2D eigenvalue weighted by Crippen LogP contribution is 2.44. The summed E-state index contributed by atoms with van der Waals surface area (Å²) in [6.07, 6.45) is 0.812. The van der Waals surface area contributed by atoms with E-state index in [1.54, 1.807) is 0 Å². The summed E-state index contributed by atoms with van der Waals surface area (Å²) in [6.45, 7) is 5.44. The summed E-state index contributed by atoms with van der Waals surface area (Å²) in [5.74, 6) is 1.59. The van der Waals surface area contributed by atoms with Crippen molar-refractivity contribution in [2.75, 3.05) is 33.0 Å². The number of likely N-dealkylation sites (N-methyl/N-ethyl adjacent to an activating group) is 1. The Morgan fingerprint density at radius 1 is 1.32 bits per heavy atom. The third-order valence-corrected chi connectivity index (χ3v) is 3.84. The number of halogens is 1. The molecule has 0 saturated heterocycles. The van der Waals surface area contributed by atoms with Crippen LogP contribution in [0.25, 0.3) is 0 Å². The second kappa shape index (κ2) is 5.57. The van der Waals surface area contributed by atoms with E-state index in [-0.39, 0.29) is 6.04 Å². The Balaban J connectivity index is 2.13. The maximum absolute atomic E-state index is 6.40. The van der Waals surface area contributed by atoms with E-state index in [0.29, 0.717) is 26.4 Å². The molecular weight excluding hydrogens is 266 g/mol. The van der Waals surface area contributed by atoms with Gasteiger partial charge in [-0.15, -0.1) is 0 Å². The van der Waals surface area contributed by atoms with Crippen LogP contribution in [0.5, 0.6) is 11.5 Å². The topological polar surface area (TPSA) is 39.7 Å². The first-order valence-corrected chi connectivity index (χ1v) is 7.11. The molecule has 1 N–H and O–H groups in total. The molecule has 19 heavy (non-hydrogen) atoms. The molecule has 1 atom stereocenters. The van der Waals surface area contributed by atoms with Gasteiger partial charge in [0.05, 0.1) is 19.3 Å². The van der Waals surface area contributed by atoms with Gasteiger partial charge in [0.25, 0.3) is 0 Å². The Bertz CT molecular complexity index is 478. The summed E-state index contributed by atoms with van der Waals surface area (Å²) in [4.78, 5) is 0. The van der Waals surface area contributed by atoms with Crippen LogP contribution in [0.15, 0.2) is 6.07 Å². The van der Waals surface area contributed by atoms with Gasteiger partial charge in [0, 0.05) is 16.7 Å². The Morgan fingerprint density at radius 2 is 2.16 bits per heavy atom. The van der Waals surface area contributed by atoms with Crippen molar-refractivity contribution in [3.63, 3.8) is 0 Å². The minimum absolute atomic E-state index is 0.108. The van der Waals surface area contributed by atoms with Gasteiger partial charge < -0.3 is 19.5 Å². The van der Waals surface area contributed by atoms with E-state index in [9.17, 15) is 0 Å². The highest BCUT2D eigenvalue weighted by Gasteiger charge is 2.29. The Morgan fingerprint density at radius 3 is 3.00 bits per heavy atom. The van der Waals surface area contributed by atoms with Crippen molar-refractivity contribution in [1.82, 2.24) is 5.32 Å². The average Bonchev–Trinajstić information content (AvgIpc) is 2.63. The molecule has 0 aliphatic carbocycles. The Kier molecular flexibility index (Phi) is 3.82. The predicted octanol–water partition coefficient (Wildman–Crippen LogP) is 2.33. The first kappa shape index (κ1) is 13.0. The normalized spacial score (nSPS) is 21.7. The van der Waals surface area contributed by atoms with Crippen LogP contribution in [-0.4, -0.2) is 33.0 Å². The van der Waals surface area contributed by atoms with Crippen molar-refractivity contribution in [3.05, 3.63) is 22.2 Å². The number of ether oxygens (including phenoxy) is 3. The summed E-state index contributed by atoms with van der Waals surface area (Å²) in [7, 11) is 0. The maximum atomic E-state index is 6.40. The summed E-state index contributed by atoms with van der Waals surface area (Å²) in [5.41, 5.74) is 2.23. The van der Waals surface area contributed by atoms with E-state index < -0.39 is 0 Å². The molecule has 0 saturated carbocycles. The average molecular weight is 284 g/mol. The van der Waals surface area contributed by atoms with Gasteiger partial charge in [-0.3, -0.25) is 0 Å². The van der Waals surface area contributed by atoms with E-state index in [2.05, 4.69) is 12.2 Å². The lowest BCUT2D eigenvalue weighted by Crippen LogP contribution is -2.27. The monoisotopic (exact) mass is 283 g/mol. The fourth-order valence-corrected chi connectivity index (χ4v) is 3.00. The quantitative estimate of drug-likeness (QED) is 0.904. The molecule has 1 unspecified atom stereocenters. The molecule has 0 fully saturated rings. The van der Waals surface area contributed by atoms with Crippen LogP contribution in [0, 0.1) is 0 Å². The third-order valence-electron chi connectivity index (χ3n) is 3.51. The SMILES string of the molecule is CCNC1COCCc2c(Cl)cc3c(c21)OCCO3. The van der Waals surface area contributed by atoms with E-state index >= 15 is 0 Å². The number of hydrogen-bond donors (Lipinski definition) is 1. The molecule has 0 amide bonds. The second-order valence-electron chi connectivity index (χ2n) is 4.71. The minimum atomic E-state index is 0.108. The lowest BCUT2D eigenvalue weighted by atomic mass is 9.97. The summed E-state index contributed by atoms with van der Waals surface area (Å²) >= 11 is 6.40. The van der Waals surface area contributed by atoms with Crippen LogP contribution in [0.1, 0.15) is 24.1 Å². The Hall–Kier alpha value is -0.970. The van der Waals surface area contributed by atoms with Gasteiger partial charge in [0.1, 0.15) is 13.2 Å². The number of hydrogen-bond acceptors (Lipinski definition) is 4. The first-order valence-electron chi connectivity index (χ1n) is 6.73. The number of benzene rings is 1. The number of rotatable bonds is 2. The van der Waals surface area contributed by atoms with Gasteiger partial charge in [-0.25, -0.2) is 0 Å². The Labute approximate surface area is 118 Å². The lowest BCUT2D eigenvalue weighted by Gasteiger charge is -2.27. The molecule has 0 radical (unpaired) electrons. The van der Waals surface area contributed by atoms with Gasteiger partial charge in [-0.1, -0.05) is 18.5 Å². The van der Waals surface area contributed by atoms with Crippen molar-refractivity contribution in [1.29, 1.82) is 0 Å².